The van der Waals surface area contributed by atoms with E-state index < -0.39 is 17.9 Å². The molecule has 0 aliphatic carbocycles. The average Bonchev–Trinajstić information content (AvgIpc) is 2.55. The van der Waals surface area contributed by atoms with Crippen LogP contribution >= 0.6 is 0 Å². The number of hydrogen-bond donors (Lipinski definition) is 2. The topological polar surface area (TPSA) is 58.2 Å². The molecule has 0 spiro atoms. The fourth-order valence-electron chi connectivity index (χ4n) is 2.01. The van der Waals surface area contributed by atoms with Crippen molar-refractivity contribution in [3.63, 3.8) is 0 Å². The largest absolute Gasteiger partial charge is 0.471 e. The third kappa shape index (κ3) is 5.91. The van der Waals surface area contributed by atoms with E-state index in [2.05, 4.69) is 5.32 Å². The van der Waals surface area contributed by atoms with Crippen LogP contribution < -0.4 is 10.6 Å². The molecule has 0 aromatic heterocycles. The summed E-state index contributed by atoms with van der Waals surface area (Å²) in [5, 5.41) is 4.35. The molecule has 2 aromatic rings. The molecule has 0 fully saturated rings. The van der Waals surface area contributed by atoms with Crippen LogP contribution in [0, 0.1) is 5.82 Å². The molecule has 2 amide bonds. The van der Waals surface area contributed by atoms with Crippen LogP contribution in [-0.4, -0.2) is 18.0 Å². The minimum atomic E-state index is -4.97. The zero-order chi connectivity index (χ0) is 18.4. The van der Waals surface area contributed by atoms with E-state index in [1.54, 1.807) is 11.4 Å². The Morgan fingerprint density at radius 2 is 1.64 bits per heavy atom. The minimum Gasteiger partial charge on any atom is -0.352 e. The van der Waals surface area contributed by atoms with Gasteiger partial charge in [0.25, 0.3) is 0 Å². The van der Waals surface area contributed by atoms with Gasteiger partial charge < -0.3 is 10.6 Å². The molecule has 0 aliphatic heterocycles. The zero-order valence-electron chi connectivity index (χ0n) is 12.9. The highest BCUT2D eigenvalue weighted by molar-refractivity contribution is 5.94. The molecule has 4 nitrogen and oxygen atoms in total. The van der Waals surface area contributed by atoms with Crippen LogP contribution in [0.1, 0.15) is 11.1 Å². The quantitative estimate of drug-likeness (QED) is 0.811. The van der Waals surface area contributed by atoms with Crippen molar-refractivity contribution in [2.75, 3.05) is 5.32 Å². The maximum atomic E-state index is 12.8. The SMILES string of the molecule is O=C(Cc1ccc(F)cc1)NCc1cccc(NC(=O)C(F)(F)F)c1. The van der Waals surface area contributed by atoms with E-state index in [1.165, 1.54) is 42.5 Å². The van der Waals surface area contributed by atoms with Gasteiger partial charge in [-0.2, -0.15) is 13.2 Å². The Hall–Kier alpha value is -2.90. The Balaban J connectivity index is 1.90. The Morgan fingerprint density at radius 1 is 0.960 bits per heavy atom. The summed E-state index contributed by atoms with van der Waals surface area (Å²) in [6, 6.07) is 11.2. The smallest absolute Gasteiger partial charge is 0.352 e. The van der Waals surface area contributed by atoms with Crippen molar-refractivity contribution >= 4 is 17.5 Å². The number of rotatable bonds is 5. The Kier molecular flexibility index (Phi) is 5.74. The number of amides is 2. The van der Waals surface area contributed by atoms with Crippen molar-refractivity contribution in [2.45, 2.75) is 19.1 Å². The van der Waals surface area contributed by atoms with Crippen LogP contribution in [-0.2, 0) is 22.6 Å². The molecule has 0 aliphatic rings. The first-order valence-corrected chi connectivity index (χ1v) is 7.22. The summed E-state index contributed by atoms with van der Waals surface area (Å²) in [7, 11) is 0. The van der Waals surface area contributed by atoms with E-state index in [1.807, 2.05) is 0 Å². The Morgan fingerprint density at radius 3 is 2.28 bits per heavy atom. The molecule has 0 atom stereocenters. The monoisotopic (exact) mass is 354 g/mol. The second kappa shape index (κ2) is 7.78. The first kappa shape index (κ1) is 18.4. The standard InChI is InChI=1S/C17H14F4N2O2/c18-13-6-4-11(5-7-13)9-15(24)22-10-12-2-1-3-14(8-12)23-16(25)17(19,20)21/h1-8H,9-10H2,(H,22,24)(H,23,25). The van der Waals surface area contributed by atoms with Crippen molar-refractivity contribution in [1.29, 1.82) is 0 Å². The van der Waals surface area contributed by atoms with Crippen LogP contribution in [0.4, 0.5) is 23.2 Å². The lowest BCUT2D eigenvalue weighted by Gasteiger charge is -2.10. The summed E-state index contributed by atoms with van der Waals surface area (Å²) in [4.78, 5) is 22.7. The number of hydrogen-bond acceptors (Lipinski definition) is 2. The molecule has 132 valence electrons. The van der Waals surface area contributed by atoms with E-state index in [9.17, 15) is 27.2 Å². The number of carbonyl (C=O) groups excluding carboxylic acids is 2. The molecule has 0 saturated heterocycles. The van der Waals surface area contributed by atoms with E-state index in [0.29, 0.717) is 11.1 Å². The van der Waals surface area contributed by atoms with E-state index in [0.717, 1.165) is 0 Å². The van der Waals surface area contributed by atoms with Gasteiger partial charge in [-0.15, -0.1) is 0 Å². The lowest BCUT2D eigenvalue weighted by Crippen LogP contribution is -2.30. The summed E-state index contributed by atoms with van der Waals surface area (Å²) in [5.41, 5.74) is 1.13. The van der Waals surface area contributed by atoms with Crippen LogP contribution in [0.2, 0.25) is 0 Å². The van der Waals surface area contributed by atoms with Crippen LogP contribution in [0.3, 0.4) is 0 Å². The highest BCUT2D eigenvalue weighted by Gasteiger charge is 2.38. The molecule has 0 saturated carbocycles. The number of carbonyl (C=O) groups is 2. The second-order valence-electron chi connectivity index (χ2n) is 5.23. The van der Waals surface area contributed by atoms with Gasteiger partial charge in [-0.05, 0) is 35.4 Å². The molecule has 0 heterocycles. The van der Waals surface area contributed by atoms with Crippen molar-refractivity contribution in [3.8, 4) is 0 Å². The number of halogens is 4. The Bertz CT molecular complexity index is 758. The summed E-state index contributed by atoms with van der Waals surface area (Å²) in [6.45, 7) is 0.0791. The third-order valence-electron chi connectivity index (χ3n) is 3.21. The third-order valence-corrected chi connectivity index (χ3v) is 3.21. The molecule has 2 rings (SSSR count). The van der Waals surface area contributed by atoms with Gasteiger partial charge in [0.1, 0.15) is 5.82 Å². The second-order valence-corrected chi connectivity index (χ2v) is 5.23. The zero-order valence-corrected chi connectivity index (χ0v) is 12.9. The number of alkyl halides is 3. The van der Waals surface area contributed by atoms with Gasteiger partial charge in [0.15, 0.2) is 0 Å². The fraction of sp³-hybridized carbons (Fsp3) is 0.176. The summed E-state index contributed by atoms with van der Waals surface area (Å²) < 4.78 is 49.5. The maximum Gasteiger partial charge on any atom is 0.471 e. The number of nitrogens with one attached hydrogen (secondary N) is 2. The Labute approximate surface area is 140 Å². The highest BCUT2D eigenvalue weighted by Crippen LogP contribution is 2.19. The summed E-state index contributed by atoms with van der Waals surface area (Å²) in [5.74, 6) is -2.79. The predicted molar refractivity (Wildman–Crippen MR) is 83.1 cm³/mol. The molecule has 2 N–H and O–H groups in total. The van der Waals surface area contributed by atoms with Gasteiger partial charge in [-0.1, -0.05) is 24.3 Å². The van der Waals surface area contributed by atoms with Gasteiger partial charge >= 0.3 is 12.1 Å². The van der Waals surface area contributed by atoms with Crippen molar-refractivity contribution in [1.82, 2.24) is 5.32 Å². The van der Waals surface area contributed by atoms with E-state index in [4.69, 9.17) is 0 Å². The van der Waals surface area contributed by atoms with Crippen LogP contribution in [0.15, 0.2) is 48.5 Å². The summed E-state index contributed by atoms with van der Waals surface area (Å²) >= 11 is 0. The minimum absolute atomic E-state index is 0.0207. The molecule has 0 bridgehead atoms. The number of benzene rings is 2. The molecule has 2 aromatic carbocycles. The normalized spacial score (nSPS) is 11.0. The molecular formula is C17H14F4N2O2. The van der Waals surface area contributed by atoms with Gasteiger partial charge in [0, 0.05) is 12.2 Å². The van der Waals surface area contributed by atoms with Gasteiger partial charge in [-0.3, -0.25) is 9.59 Å². The van der Waals surface area contributed by atoms with E-state index in [-0.39, 0.29) is 24.6 Å². The van der Waals surface area contributed by atoms with Crippen LogP contribution in [0.25, 0.3) is 0 Å². The van der Waals surface area contributed by atoms with E-state index >= 15 is 0 Å². The van der Waals surface area contributed by atoms with Gasteiger partial charge in [-0.25, -0.2) is 4.39 Å². The van der Waals surface area contributed by atoms with Gasteiger partial charge in [0.05, 0.1) is 6.42 Å². The fourth-order valence-corrected chi connectivity index (χ4v) is 2.01. The molecule has 0 radical (unpaired) electrons. The van der Waals surface area contributed by atoms with Crippen molar-refractivity contribution in [3.05, 3.63) is 65.5 Å². The maximum absolute atomic E-state index is 12.8. The molecule has 25 heavy (non-hydrogen) atoms. The molecule has 8 heteroatoms. The summed E-state index contributed by atoms with van der Waals surface area (Å²) in [6.07, 6.45) is -4.93. The first-order valence-electron chi connectivity index (χ1n) is 7.22. The predicted octanol–water partition coefficient (Wildman–Crippen LogP) is 3.19. The average molecular weight is 354 g/mol. The molecular weight excluding hydrogens is 340 g/mol. The lowest BCUT2D eigenvalue weighted by molar-refractivity contribution is -0.167. The highest BCUT2D eigenvalue weighted by atomic mass is 19.4. The lowest BCUT2D eigenvalue weighted by atomic mass is 10.1. The van der Waals surface area contributed by atoms with Crippen molar-refractivity contribution < 1.29 is 27.2 Å². The van der Waals surface area contributed by atoms with Crippen molar-refractivity contribution in [2.24, 2.45) is 0 Å². The van der Waals surface area contributed by atoms with Crippen LogP contribution in [0.5, 0.6) is 0 Å². The molecule has 0 unspecified atom stereocenters. The van der Waals surface area contributed by atoms with Gasteiger partial charge in [0.2, 0.25) is 5.91 Å². The number of anilines is 1. The first-order chi connectivity index (χ1) is 11.7.